The van der Waals surface area contributed by atoms with Crippen molar-refractivity contribution >= 4 is 23.1 Å². The van der Waals surface area contributed by atoms with Crippen LogP contribution < -0.4 is 4.74 Å². The van der Waals surface area contributed by atoms with Gasteiger partial charge in [-0.1, -0.05) is 11.3 Å². The summed E-state index contributed by atoms with van der Waals surface area (Å²) >= 11 is 1.28. The van der Waals surface area contributed by atoms with Crippen LogP contribution in [-0.2, 0) is 11.2 Å². The molecule has 4 nitrogen and oxygen atoms in total. The molecule has 2 aliphatic rings. The van der Waals surface area contributed by atoms with Gasteiger partial charge in [-0.3, -0.25) is 4.79 Å². The molecule has 0 aromatic carbocycles. The second kappa shape index (κ2) is 4.96. The molecule has 0 unspecified atom stereocenters. The number of ketones is 1. The van der Waals surface area contributed by atoms with E-state index < -0.39 is 0 Å². The zero-order chi connectivity index (χ0) is 13.4. The molecule has 0 saturated heterocycles. The van der Waals surface area contributed by atoms with Gasteiger partial charge in [-0.05, 0) is 38.2 Å². The number of carbonyl (C=O) groups is 2. The fraction of sp³-hybridized carbons (Fsp3) is 0.571. The molecular weight excluding hydrogens is 264 g/mol. The predicted octanol–water partition coefficient (Wildman–Crippen LogP) is 2.99. The Morgan fingerprint density at radius 1 is 1.37 bits per heavy atom. The Bertz CT molecular complexity index is 528. The molecule has 3 rings (SSSR count). The normalized spacial score (nSPS) is 18.1. The lowest BCUT2D eigenvalue weighted by atomic mass is 9.92. The van der Waals surface area contributed by atoms with Crippen molar-refractivity contribution in [3.63, 3.8) is 0 Å². The quantitative estimate of drug-likeness (QED) is 0.796. The first-order valence-corrected chi connectivity index (χ1v) is 7.55. The van der Waals surface area contributed by atoms with Gasteiger partial charge in [0.25, 0.3) is 0 Å². The SMILES string of the molecule is CCOC(=O)c1sc(OC2CC2)c2c1CCCC2=O. The Labute approximate surface area is 115 Å². The fourth-order valence-electron chi connectivity index (χ4n) is 2.30. The minimum Gasteiger partial charge on any atom is -0.480 e. The molecule has 102 valence electrons. The molecule has 0 N–H and O–H groups in total. The van der Waals surface area contributed by atoms with Crippen molar-refractivity contribution < 1.29 is 19.1 Å². The van der Waals surface area contributed by atoms with E-state index in [4.69, 9.17) is 9.47 Å². The van der Waals surface area contributed by atoms with Crippen molar-refractivity contribution in [3.8, 4) is 5.06 Å². The summed E-state index contributed by atoms with van der Waals surface area (Å²) in [5.41, 5.74) is 1.49. The van der Waals surface area contributed by atoms with Crippen LogP contribution in [-0.4, -0.2) is 24.5 Å². The highest BCUT2D eigenvalue weighted by atomic mass is 32.1. The molecule has 19 heavy (non-hydrogen) atoms. The lowest BCUT2D eigenvalue weighted by Crippen LogP contribution is -2.13. The van der Waals surface area contributed by atoms with E-state index in [9.17, 15) is 9.59 Å². The molecule has 1 heterocycles. The summed E-state index contributed by atoms with van der Waals surface area (Å²) in [4.78, 5) is 24.6. The molecule has 2 aliphatic carbocycles. The van der Waals surface area contributed by atoms with E-state index in [0.29, 0.717) is 28.5 Å². The number of rotatable bonds is 4. The molecular formula is C14H16O4S. The number of Topliss-reactive ketones (excluding diaryl/α,β-unsaturated/α-hetero) is 1. The Hall–Kier alpha value is -1.36. The molecule has 1 saturated carbocycles. The topological polar surface area (TPSA) is 52.6 Å². The lowest BCUT2D eigenvalue weighted by molar-refractivity contribution is 0.0531. The largest absolute Gasteiger partial charge is 0.480 e. The predicted molar refractivity (Wildman–Crippen MR) is 71.2 cm³/mol. The second-order valence-corrected chi connectivity index (χ2v) is 5.87. The zero-order valence-corrected chi connectivity index (χ0v) is 11.7. The molecule has 0 atom stereocenters. The molecule has 0 amide bonds. The zero-order valence-electron chi connectivity index (χ0n) is 10.9. The third kappa shape index (κ3) is 2.39. The fourth-order valence-corrected chi connectivity index (χ4v) is 3.47. The van der Waals surface area contributed by atoms with E-state index in [1.54, 1.807) is 6.92 Å². The summed E-state index contributed by atoms with van der Waals surface area (Å²) in [7, 11) is 0. The average molecular weight is 280 g/mol. The maximum atomic E-state index is 12.1. The van der Waals surface area contributed by atoms with Crippen molar-refractivity contribution in [3.05, 3.63) is 16.0 Å². The van der Waals surface area contributed by atoms with Crippen LogP contribution in [0.1, 0.15) is 58.2 Å². The Morgan fingerprint density at radius 3 is 2.84 bits per heavy atom. The third-order valence-corrected chi connectivity index (χ3v) is 4.45. The number of ether oxygens (including phenoxy) is 2. The van der Waals surface area contributed by atoms with Gasteiger partial charge in [-0.15, -0.1) is 0 Å². The van der Waals surface area contributed by atoms with Gasteiger partial charge in [-0.25, -0.2) is 4.79 Å². The van der Waals surface area contributed by atoms with Crippen LogP contribution in [0.15, 0.2) is 0 Å². The lowest BCUT2D eigenvalue weighted by Gasteiger charge is -2.12. The van der Waals surface area contributed by atoms with Crippen molar-refractivity contribution in [2.24, 2.45) is 0 Å². The standard InChI is InChI=1S/C14H16O4S/c1-2-17-13(16)12-9-4-3-5-10(15)11(9)14(19-12)18-8-6-7-8/h8H,2-7H2,1H3. The summed E-state index contributed by atoms with van der Waals surface area (Å²) in [6.45, 7) is 2.13. The van der Waals surface area contributed by atoms with Crippen LogP contribution in [0.5, 0.6) is 5.06 Å². The van der Waals surface area contributed by atoms with Gasteiger partial charge in [0.1, 0.15) is 11.0 Å². The van der Waals surface area contributed by atoms with Gasteiger partial charge in [0.05, 0.1) is 12.2 Å². The summed E-state index contributed by atoms with van der Waals surface area (Å²) < 4.78 is 10.9. The Morgan fingerprint density at radius 2 is 2.16 bits per heavy atom. The van der Waals surface area contributed by atoms with E-state index in [1.807, 2.05) is 0 Å². The molecule has 0 radical (unpaired) electrons. The highest BCUT2D eigenvalue weighted by Gasteiger charge is 2.34. The van der Waals surface area contributed by atoms with Gasteiger partial charge in [-0.2, -0.15) is 0 Å². The Balaban J connectivity index is 1.99. The van der Waals surface area contributed by atoms with E-state index in [0.717, 1.165) is 31.2 Å². The van der Waals surface area contributed by atoms with Crippen LogP contribution in [0.2, 0.25) is 0 Å². The maximum Gasteiger partial charge on any atom is 0.348 e. The van der Waals surface area contributed by atoms with Crippen LogP contribution in [0.25, 0.3) is 0 Å². The molecule has 0 aliphatic heterocycles. The van der Waals surface area contributed by atoms with Crippen molar-refractivity contribution in [2.45, 2.75) is 45.1 Å². The van der Waals surface area contributed by atoms with Crippen LogP contribution in [0, 0.1) is 0 Å². The monoisotopic (exact) mass is 280 g/mol. The highest BCUT2D eigenvalue weighted by Crippen LogP contribution is 2.42. The number of carbonyl (C=O) groups excluding carboxylic acids is 2. The van der Waals surface area contributed by atoms with Crippen molar-refractivity contribution in [1.82, 2.24) is 0 Å². The maximum absolute atomic E-state index is 12.1. The number of esters is 1. The summed E-state index contributed by atoms with van der Waals surface area (Å²) in [5, 5.41) is 0.630. The van der Waals surface area contributed by atoms with Gasteiger partial charge >= 0.3 is 5.97 Å². The van der Waals surface area contributed by atoms with E-state index in [1.165, 1.54) is 11.3 Å². The van der Waals surface area contributed by atoms with E-state index in [-0.39, 0.29) is 17.9 Å². The van der Waals surface area contributed by atoms with Crippen molar-refractivity contribution in [1.29, 1.82) is 0 Å². The number of hydrogen-bond donors (Lipinski definition) is 0. The van der Waals surface area contributed by atoms with Crippen LogP contribution >= 0.6 is 11.3 Å². The van der Waals surface area contributed by atoms with Crippen molar-refractivity contribution in [2.75, 3.05) is 6.61 Å². The molecule has 5 heteroatoms. The van der Waals surface area contributed by atoms with E-state index >= 15 is 0 Å². The molecule has 1 fully saturated rings. The molecule has 1 aromatic rings. The Kier molecular flexibility index (Phi) is 3.31. The first-order chi connectivity index (χ1) is 9.20. The highest BCUT2D eigenvalue weighted by molar-refractivity contribution is 7.16. The van der Waals surface area contributed by atoms with E-state index in [2.05, 4.69) is 0 Å². The minimum atomic E-state index is -0.330. The smallest absolute Gasteiger partial charge is 0.348 e. The first kappa shape index (κ1) is 12.7. The summed E-state index contributed by atoms with van der Waals surface area (Å²) in [5.74, 6) is -0.229. The van der Waals surface area contributed by atoms with Gasteiger partial charge in [0.15, 0.2) is 10.8 Å². The van der Waals surface area contributed by atoms with Crippen LogP contribution in [0.4, 0.5) is 0 Å². The van der Waals surface area contributed by atoms with Gasteiger partial charge in [0, 0.05) is 6.42 Å². The number of thiophene rings is 1. The molecule has 1 aromatic heterocycles. The number of hydrogen-bond acceptors (Lipinski definition) is 5. The summed E-state index contributed by atoms with van der Waals surface area (Å²) in [6, 6.07) is 0. The summed E-state index contributed by atoms with van der Waals surface area (Å²) in [6.07, 6.45) is 4.42. The first-order valence-electron chi connectivity index (χ1n) is 6.73. The average Bonchev–Trinajstić information content (AvgIpc) is 3.11. The van der Waals surface area contributed by atoms with Gasteiger partial charge in [0.2, 0.25) is 0 Å². The number of fused-ring (bicyclic) bond motifs is 1. The third-order valence-electron chi connectivity index (χ3n) is 3.34. The second-order valence-electron chi connectivity index (χ2n) is 4.89. The van der Waals surface area contributed by atoms with Crippen LogP contribution in [0.3, 0.4) is 0 Å². The minimum absolute atomic E-state index is 0.101. The van der Waals surface area contributed by atoms with Gasteiger partial charge < -0.3 is 9.47 Å². The molecule has 0 spiro atoms. The molecule has 0 bridgehead atoms.